The highest BCUT2D eigenvalue weighted by Gasteiger charge is 2.20. The van der Waals surface area contributed by atoms with Gasteiger partial charge in [-0.15, -0.1) is 0 Å². The highest BCUT2D eigenvalue weighted by atomic mass is 16.4. The van der Waals surface area contributed by atoms with Crippen LogP contribution in [0.15, 0.2) is 18.2 Å². The van der Waals surface area contributed by atoms with Crippen molar-refractivity contribution in [2.45, 2.75) is 18.9 Å². The molecule has 0 saturated heterocycles. The topological polar surface area (TPSA) is 57.5 Å². The van der Waals surface area contributed by atoms with Crippen molar-refractivity contribution in [1.82, 2.24) is 0 Å². The predicted molar refractivity (Wildman–Crippen MR) is 46.7 cm³/mol. The Labute approximate surface area is 75.6 Å². The Morgan fingerprint density at radius 3 is 2.92 bits per heavy atom. The lowest BCUT2D eigenvalue weighted by molar-refractivity contribution is 0.0696. The Kier molecular flexibility index (Phi) is 1.81. The van der Waals surface area contributed by atoms with E-state index in [9.17, 15) is 9.90 Å². The first kappa shape index (κ1) is 8.26. The number of carboxylic acids is 1. The molecule has 1 aromatic carbocycles. The molecular weight excluding hydrogens is 168 g/mol. The van der Waals surface area contributed by atoms with Gasteiger partial charge in [-0.05, 0) is 36.1 Å². The summed E-state index contributed by atoms with van der Waals surface area (Å²) >= 11 is 0. The molecule has 3 nitrogen and oxygen atoms in total. The van der Waals surface area contributed by atoms with Gasteiger partial charge < -0.3 is 10.2 Å². The summed E-state index contributed by atoms with van der Waals surface area (Å²) in [6, 6.07) is 4.89. The molecule has 0 bridgehead atoms. The van der Waals surface area contributed by atoms with Crippen LogP contribution in [-0.2, 0) is 6.42 Å². The largest absolute Gasteiger partial charge is 0.478 e. The number of aryl methyl sites for hydroxylation is 1. The van der Waals surface area contributed by atoms with E-state index in [4.69, 9.17) is 5.11 Å². The summed E-state index contributed by atoms with van der Waals surface area (Å²) in [6.07, 6.45) is 1.08. The van der Waals surface area contributed by atoms with Crippen molar-refractivity contribution in [3.8, 4) is 0 Å². The summed E-state index contributed by atoms with van der Waals surface area (Å²) < 4.78 is 0. The van der Waals surface area contributed by atoms with Crippen LogP contribution < -0.4 is 0 Å². The van der Waals surface area contributed by atoms with Gasteiger partial charge in [0.05, 0.1) is 11.7 Å². The SMILES string of the molecule is O=C(O)c1ccc2c(c1)CCC2O. The van der Waals surface area contributed by atoms with Gasteiger partial charge in [0.25, 0.3) is 0 Å². The van der Waals surface area contributed by atoms with Gasteiger partial charge in [0.15, 0.2) is 0 Å². The predicted octanol–water partition coefficient (Wildman–Crippen LogP) is 1.36. The maximum atomic E-state index is 10.6. The third-order valence-electron chi connectivity index (χ3n) is 2.44. The molecule has 1 atom stereocenters. The van der Waals surface area contributed by atoms with Crippen LogP contribution in [0.25, 0.3) is 0 Å². The molecule has 0 aliphatic heterocycles. The average molecular weight is 178 g/mol. The van der Waals surface area contributed by atoms with Gasteiger partial charge in [-0.25, -0.2) is 4.79 Å². The maximum absolute atomic E-state index is 10.6. The zero-order valence-electron chi connectivity index (χ0n) is 7.03. The van der Waals surface area contributed by atoms with Crippen LogP contribution in [0.3, 0.4) is 0 Å². The molecule has 1 aromatic rings. The third-order valence-corrected chi connectivity index (χ3v) is 2.44. The van der Waals surface area contributed by atoms with Gasteiger partial charge in [0.1, 0.15) is 0 Å². The van der Waals surface area contributed by atoms with Crippen molar-refractivity contribution in [2.24, 2.45) is 0 Å². The molecule has 1 aliphatic rings. The summed E-state index contributed by atoms with van der Waals surface area (Å²) in [7, 11) is 0. The van der Waals surface area contributed by atoms with E-state index < -0.39 is 12.1 Å². The van der Waals surface area contributed by atoms with Crippen molar-refractivity contribution in [3.63, 3.8) is 0 Å². The zero-order chi connectivity index (χ0) is 9.42. The fraction of sp³-hybridized carbons (Fsp3) is 0.300. The molecule has 68 valence electrons. The molecule has 0 heterocycles. The van der Waals surface area contributed by atoms with Gasteiger partial charge in [-0.2, -0.15) is 0 Å². The Bertz CT molecular complexity index is 357. The number of carbonyl (C=O) groups is 1. The van der Waals surface area contributed by atoms with Crippen molar-refractivity contribution in [1.29, 1.82) is 0 Å². The minimum Gasteiger partial charge on any atom is -0.478 e. The fourth-order valence-corrected chi connectivity index (χ4v) is 1.73. The summed E-state index contributed by atoms with van der Waals surface area (Å²) in [5.74, 6) is -0.913. The van der Waals surface area contributed by atoms with Crippen molar-refractivity contribution < 1.29 is 15.0 Å². The number of aliphatic hydroxyl groups is 1. The average Bonchev–Trinajstić information content (AvgIpc) is 2.47. The molecule has 0 amide bonds. The van der Waals surface area contributed by atoms with Crippen molar-refractivity contribution in [2.75, 3.05) is 0 Å². The first-order valence-electron chi connectivity index (χ1n) is 4.22. The van der Waals surface area contributed by atoms with Crippen molar-refractivity contribution in [3.05, 3.63) is 34.9 Å². The molecule has 1 aliphatic carbocycles. The molecule has 2 N–H and O–H groups in total. The molecule has 2 rings (SSSR count). The smallest absolute Gasteiger partial charge is 0.335 e. The molecular formula is C10H10O3. The molecule has 0 spiro atoms. The Morgan fingerprint density at radius 2 is 2.23 bits per heavy atom. The van der Waals surface area contributed by atoms with E-state index >= 15 is 0 Å². The summed E-state index contributed by atoms with van der Waals surface area (Å²) in [5, 5.41) is 18.2. The lowest BCUT2D eigenvalue weighted by Gasteiger charge is -2.03. The normalized spacial score (nSPS) is 19.9. The van der Waals surface area contributed by atoms with Crippen LogP contribution in [-0.4, -0.2) is 16.2 Å². The number of aliphatic hydroxyl groups excluding tert-OH is 1. The monoisotopic (exact) mass is 178 g/mol. The molecule has 0 aromatic heterocycles. The number of benzene rings is 1. The lowest BCUT2D eigenvalue weighted by atomic mass is 10.1. The lowest BCUT2D eigenvalue weighted by Crippen LogP contribution is -1.98. The van der Waals surface area contributed by atoms with Crippen LogP contribution in [0.4, 0.5) is 0 Å². The first-order chi connectivity index (χ1) is 6.18. The standard InChI is InChI=1S/C10H10O3/c11-9-4-2-6-5-7(10(12)13)1-3-8(6)9/h1,3,5,9,11H,2,4H2,(H,12,13). The van der Waals surface area contributed by atoms with E-state index in [2.05, 4.69) is 0 Å². The van der Waals surface area contributed by atoms with Crippen LogP contribution in [0.5, 0.6) is 0 Å². The minimum atomic E-state index is -0.913. The van der Waals surface area contributed by atoms with Gasteiger partial charge in [0, 0.05) is 0 Å². The second-order valence-electron chi connectivity index (χ2n) is 3.27. The highest BCUT2D eigenvalue weighted by molar-refractivity contribution is 5.88. The fourth-order valence-electron chi connectivity index (χ4n) is 1.73. The number of hydrogen-bond donors (Lipinski definition) is 2. The first-order valence-corrected chi connectivity index (χ1v) is 4.22. The van der Waals surface area contributed by atoms with Crippen LogP contribution in [0, 0.1) is 0 Å². The molecule has 1 unspecified atom stereocenters. The maximum Gasteiger partial charge on any atom is 0.335 e. The summed E-state index contributed by atoms with van der Waals surface area (Å²) in [5.41, 5.74) is 2.14. The van der Waals surface area contributed by atoms with Crippen molar-refractivity contribution >= 4 is 5.97 Å². The van der Waals surface area contributed by atoms with E-state index in [1.165, 1.54) is 6.07 Å². The molecule has 0 radical (unpaired) electrons. The van der Waals surface area contributed by atoms with Crippen LogP contribution in [0.1, 0.15) is 34.0 Å². The van der Waals surface area contributed by atoms with E-state index in [1.54, 1.807) is 12.1 Å². The van der Waals surface area contributed by atoms with Gasteiger partial charge in [0.2, 0.25) is 0 Å². The number of rotatable bonds is 1. The number of hydrogen-bond acceptors (Lipinski definition) is 2. The second-order valence-corrected chi connectivity index (χ2v) is 3.27. The number of aromatic carboxylic acids is 1. The Balaban J connectivity index is 2.45. The van der Waals surface area contributed by atoms with Crippen LogP contribution >= 0.6 is 0 Å². The highest BCUT2D eigenvalue weighted by Crippen LogP contribution is 2.31. The molecule has 3 heteroatoms. The quantitative estimate of drug-likeness (QED) is 0.682. The molecule has 0 saturated carbocycles. The van der Waals surface area contributed by atoms with Crippen LogP contribution in [0.2, 0.25) is 0 Å². The number of fused-ring (bicyclic) bond motifs is 1. The molecule has 0 fully saturated rings. The minimum absolute atomic E-state index is 0.299. The van der Waals surface area contributed by atoms with E-state index in [0.29, 0.717) is 12.0 Å². The van der Waals surface area contributed by atoms with Gasteiger partial charge in [-0.3, -0.25) is 0 Å². The third kappa shape index (κ3) is 1.31. The van der Waals surface area contributed by atoms with E-state index in [1.807, 2.05) is 0 Å². The zero-order valence-corrected chi connectivity index (χ0v) is 7.03. The van der Waals surface area contributed by atoms with Gasteiger partial charge >= 0.3 is 5.97 Å². The summed E-state index contributed by atoms with van der Waals surface area (Å²) in [6.45, 7) is 0. The van der Waals surface area contributed by atoms with E-state index in [0.717, 1.165) is 17.5 Å². The van der Waals surface area contributed by atoms with Gasteiger partial charge in [-0.1, -0.05) is 6.07 Å². The second kappa shape index (κ2) is 2.85. The Morgan fingerprint density at radius 1 is 1.46 bits per heavy atom. The number of carboxylic acid groups (broad SMARTS) is 1. The summed E-state index contributed by atoms with van der Waals surface area (Å²) in [4.78, 5) is 10.6. The Hall–Kier alpha value is -1.35. The van der Waals surface area contributed by atoms with E-state index in [-0.39, 0.29) is 0 Å². The molecule has 13 heavy (non-hydrogen) atoms.